The highest BCUT2D eigenvalue weighted by Gasteiger charge is 2.28. The van der Waals surface area contributed by atoms with Crippen molar-refractivity contribution in [3.63, 3.8) is 0 Å². The second kappa shape index (κ2) is 6.90. The van der Waals surface area contributed by atoms with Gasteiger partial charge >= 0.3 is 0 Å². The smallest absolute Gasteiger partial charge is 0.254 e. The van der Waals surface area contributed by atoms with E-state index in [2.05, 4.69) is 4.72 Å². The molecule has 22 heavy (non-hydrogen) atoms. The van der Waals surface area contributed by atoms with Crippen molar-refractivity contribution in [2.24, 2.45) is 0 Å². The lowest BCUT2D eigenvalue weighted by Gasteiger charge is -2.35. The number of likely N-dealkylation sites (tertiary alicyclic amines) is 1. The van der Waals surface area contributed by atoms with Crippen LogP contribution in [0.4, 0.5) is 0 Å². The third-order valence-electron chi connectivity index (χ3n) is 3.71. The Morgan fingerprint density at radius 3 is 2.91 bits per heavy atom. The molecule has 0 bridgehead atoms. The fraction of sp³-hybridized carbons (Fsp3) is 0.467. The third kappa shape index (κ3) is 4.29. The summed E-state index contributed by atoms with van der Waals surface area (Å²) < 4.78 is 25.0. The van der Waals surface area contributed by atoms with Crippen molar-refractivity contribution < 1.29 is 13.2 Å². The molecule has 1 heterocycles. The van der Waals surface area contributed by atoms with Gasteiger partial charge in [-0.25, -0.2) is 13.1 Å². The number of hydrogen-bond donors (Lipinski definition) is 1. The molecule has 1 atom stereocenters. The maximum atomic E-state index is 12.6. The number of carbonyl (C=O) groups is 1. The Morgan fingerprint density at radius 1 is 1.45 bits per heavy atom. The summed E-state index contributed by atoms with van der Waals surface area (Å²) in [6.45, 7) is 0.828. The zero-order chi connectivity index (χ0) is 16.2. The maximum absolute atomic E-state index is 12.6. The average molecular weight is 321 g/mol. The minimum absolute atomic E-state index is 0.151. The number of hydrogen-bond acceptors (Lipinski definition) is 4. The summed E-state index contributed by atoms with van der Waals surface area (Å²) in [4.78, 5) is 14.3. The first-order chi connectivity index (χ1) is 10.4. The lowest BCUT2D eigenvalue weighted by atomic mass is 10.0. The number of amides is 1. The molecule has 118 valence electrons. The summed E-state index contributed by atoms with van der Waals surface area (Å²) in [6.07, 6.45) is 3.75. The van der Waals surface area contributed by atoms with Crippen LogP contribution >= 0.6 is 0 Å². The van der Waals surface area contributed by atoms with E-state index in [4.69, 9.17) is 5.26 Å². The Balaban J connectivity index is 2.15. The molecule has 1 aromatic carbocycles. The predicted molar refractivity (Wildman–Crippen MR) is 82.7 cm³/mol. The molecule has 0 aromatic heterocycles. The number of nitrogens with zero attached hydrogens (tertiary/aromatic N) is 2. The van der Waals surface area contributed by atoms with Crippen molar-refractivity contribution in [2.75, 3.05) is 19.3 Å². The van der Waals surface area contributed by atoms with Gasteiger partial charge in [-0.3, -0.25) is 4.79 Å². The third-order valence-corrected chi connectivity index (χ3v) is 4.40. The van der Waals surface area contributed by atoms with E-state index in [0.717, 1.165) is 25.5 Å². The summed E-state index contributed by atoms with van der Waals surface area (Å²) in [5, 5.41) is 8.93. The van der Waals surface area contributed by atoms with Gasteiger partial charge in [0.05, 0.1) is 17.9 Å². The van der Waals surface area contributed by atoms with Crippen LogP contribution in [0.5, 0.6) is 0 Å². The quantitative estimate of drug-likeness (QED) is 0.899. The summed E-state index contributed by atoms with van der Waals surface area (Å²) in [5.74, 6) is -0.155. The molecule has 2 rings (SSSR count). The van der Waals surface area contributed by atoms with Gasteiger partial charge in [0.1, 0.15) is 0 Å². The predicted octanol–water partition coefficient (Wildman–Crippen LogP) is 1.10. The summed E-state index contributed by atoms with van der Waals surface area (Å²) >= 11 is 0. The van der Waals surface area contributed by atoms with E-state index in [9.17, 15) is 13.2 Å². The van der Waals surface area contributed by atoms with Crippen LogP contribution in [-0.2, 0) is 10.0 Å². The minimum Gasteiger partial charge on any atom is -0.334 e. The Kier molecular flexibility index (Phi) is 5.16. The van der Waals surface area contributed by atoms with Gasteiger partial charge in [-0.1, -0.05) is 6.07 Å². The van der Waals surface area contributed by atoms with Crippen molar-refractivity contribution in [3.05, 3.63) is 35.4 Å². The fourth-order valence-corrected chi connectivity index (χ4v) is 3.11. The Morgan fingerprint density at radius 2 is 2.23 bits per heavy atom. The van der Waals surface area contributed by atoms with Gasteiger partial charge in [0.15, 0.2) is 0 Å². The van der Waals surface area contributed by atoms with E-state index in [1.54, 1.807) is 29.2 Å². The second-order valence-electron chi connectivity index (χ2n) is 5.46. The van der Waals surface area contributed by atoms with Crippen molar-refractivity contribution in [2.45, 2.75) is 25.3 Å². The Labute approximate surface area is 130 Å². The SMILES string of the molecule is CS(=O)(=O)NC[C@H]1CCCCN1C(=O)c1cccc(C#N)c1. The zero-order valence-corrected chi connectivity index (χ0v) is 13.3. The largest absolute Gasteiger partial charge is 0.334 e. The standard InChI is InChI=1S/C15H19N3O3S/c1-22(20,21)17-11-14-7-2-3-8-18(14)15(19)13-6-4-5-12(9-13)10-16/h4-6,9,14,17H,2-3,7-8,11H2,1H3/t14-/m1/s1. The number of sulfonamides is 1. The molecule has 1 aliphatic heterocycles. The topological polar surface area (TPSA) is 90.3 Å². The zero-order valence-electron chi connectivity index (χ0n) is 12.4. The number of carbonyl (C=O) groups excluding carboxylic acids is 1. The monoisotopic (exact) mass is 321 g/mol. The van der Waals surface area contributed by atoms with Gasteiger partial charge in [0.2, 0.25) is 10.0 Å². The lowest BCUT2D eigenvalue weighted by molar-refractivity contribution is 0.0619. The molecule has 0 unspecified atom stereocenters. The Hall–Kier alpha value is -1.91. The van der Waals surface area contributed by atoms with E-state index in [0.29, 0.717) is 17.7 Å². The van der Waals surface area contributed by atoms with Crippen molar-refractivity contribution in [1.82, 2.24) is 9.62 Å². The highest BCUT2D eigenvalue weighted by atomic mass is 32.2. The van der Waals surface area contributed by atoms with Gasteiger partial charge in [-0.2, -0.15) is 5.26 Å². The molecule has 0 radical (unpaired) electrons. The second-order valence-corrected chi connectivity index (χ2v) is 7.29. The number of piperidine rings is 1. The summed E-state index contributed by atoms with van der Waals surface area (Å²) in [7, 11) is -3.28. The fourth-order valence-electron chi connectivity index (χ4n) is 2.62. The maximum Gasteiger partial charge on any atom is 0.254 e. The number of benzene rings is 1. The number of nitrogens with one attached hydrogen (secondary N) is 1. The van der Waals surface area contributed by atoms with Crippen LogP contribution in [-0.4, -0.2) is 44.6 Å². The molecule has 1 aromatic rings. The average Bonchev–Trinajstić information content (AvgIpc) is 2.52. The van der Waals surface area contributed by atoms with E-state index in [1.807, 2.05) is 6.07 Å². The van der Waals surface area contributed by atoms with Gasteiger partial charge in [-0.05, 0) is 37.5 Å². The highest BCUT2D eigenvalue weighted by molar-refractivity contribution is 7.88. The number of rotatable bonds is 4. The van der Waals surface area contributed by atoms with Gasteiger partial charge < -0.3 is 4.90 Å². The molecular formula is C15H19N3O3S. The highest BCUT2D eigenvalue weighted by Crippen LogP contribution is 2.20. The van der Waals surface area contributed by atoms with Crippen LogP contribution < -0.4 is 4.72 Å². The van der Waals surface area contributed by atoms with Crippen LogP contribution in [0.3, 0.4) is 0 Å². The van der Waals surface area contributed by atoms with Crippen LogP contribution in [0.2, 0.25) is 0 Å². The van der Waals surface area contributed by atoms with Crippen molar-refractivity contribution in [3.8, 4) is 6.07 Å². The molecule has 0 saturated carbocycles. The van der Waals surface area contributed by atoms with E-state index in [-0.39, 0.29) is 18.5 Å². The van der Waals surface area contributed by atoms with Crippen LogP contribution in [0.1, 0.15) is 35.2 Å². The molecule has 0 aliphatic carbocycles. The van der Waals surface area contributed by atoms with Crippen molar-refractivity contribution in [1.29, 1.82) is 5.26 Å². The minimum atomic E-state index is -3.28. The van der Waals surface area contributed by atoms with Gasteiger partial charge in [0, 0.05) is 24.7 Å². The van der Waals surface area contributed by atoms with Crippen LogP contribution in [0.15, 0.2) is 24.3 Å². The number of nitriles is 1. The van der Waals surface area contributed by atoms with E-state index < -0.39 is 10.0 Å². The normalized spacial score (nSPS) is 18.7. The molecule has 1 saturated heterocycles. The molecule has 0 spiro atoms. The van der Waals surface area contributed by atoms with Crippen molar-refractivity contribution >= 4 is 15.9 Å². The van der Waals surface area contributed by atoms with Crippen LogP contribution in [0, 0.1) is 11.3 Å². The molecule has 1 aliphatic rings. The first-order valence-corrected chi connectivity index (χ1v) is 9.05. The summed E-state index contributed by atoms with van der Waals surface area (Å²) in [6, 6.07) is 8.44. The summed E-state index contributed by atoms with van der Waals surface area (Å²) in [5.41, 5.74) is 0.902. The van der Waals surface area contributed by atoms with Gasteiger partial charge in [-0.15, -0.1) is 0 Å². The molecule has 1 fully saturated rings. The van der Waals surface area contributed by atoms with Crippen LogP contribution in [0.25, 0.3) is 0 Å². The molecule has 1 N–H and O–H groups in total. The lowest BCUT2D eigenvalue weighted by Crippen LogP contribution is -2.49. The molecule has 7 heteroatoms. The molecule has 6 nitrogen and oxygen atoms in total. The molecular weight excluding hydrogens is 302 g/mol. The molecule has 1 amide bonds. The van der Waals surface area contributed by atoms with E-state index in [1.165, 1.54) is 0 Å². The first kappa shape index (κ1) is 16.5. The Bertz CT molecular complexity index is 694. The van der Waals surface area contributed by atoms with Gasteiger partial charge in [0.25, 0.3) is 5.91 Å². The first-order valence-electron chi connectivity index (χ1n) is 7.16. The van der Waals surface area contributed by atoms with E-state index >= 15 is 0 Å².